The molecule has 0 aromatic heterocycles. The van der Waals surface area contributed by atoms with Crippen molar-refractivity contribution in [3.05, 3.63) is 34.3 Å². The maximum atomic E-state index is 12.3. The lowest BCUT2D eigenvalue weighted by Crippen LogP contribution is -2.27. The van der Waals surface area contributed by atoms with Gasteiger partial charge >= 0.3 is 0 Å². The van der Waals surface area contributed by atoms with Gasteiger partial charge < -0.3 is 0 Å². The quantitative estimate of drug-likeness (QED) is 0.785. The van der Waals surface area contributed by atoms with Gasteiger partial charge in [0.2, 0.25) is 0 Å². The van der Waals surface area contributed by atoms with E-state index in [-0.39, 0.29) is 5.92 Å². The van der Waals surface area contributed by atoms with Gasteiger partial charge in [0.25, 0.3) is 0 Å². The molecular weight excluding hydrogens is 288 g/mol. The van der Waals surface area contributed by atoms with Gasteiger partial charge in [0, 0.05) is 16.8 Å². The molecule has 1 aliphatic rings. The maximum absolute atomic E-state index is 12.3. The summed E-state index contributed by atoms with van der Waals surface area (Å²) in [6.45, 7) is 4.61. The van der Waals surface area contributed by atoms with E-state index >= 15 is 0 Å². The molecule has 1 fully saturated rings. The molecule has 1 saturated carbocycles. The van der Waals surface area contributed by atoms with E-state index in [1.54, 1.807) is 0 Å². The molecule has 0 amide bonds. The molecule has 2 rings (SSSR count). The minimum absolute atomic E-state index is 0.283. The van der Waals surface area contributed by atoms with Crippen molar-refractivity contribution in [2.75, 3.05) is 0 Å². The molecule has 18 heavy (non-hydrogen) atoms. The number of halogens is 1. The fourth-order valence-corrected chi connectivity index (χ4v) is 3.12. The third kappa shape index (κ3) is 3.44. The van der Waals surface area contributed by atoms with Crippen molar-refractivity contribution in [3.8, 4) is 0 Å². The summed E-state index contributed by atoms with van der Waals surface area (Å²) in [7, 11) is 0. The van der Waals surface area contributed by atoms with Gasteiger partial charge in [0.15, 0.2) is 0 Å². The third-order valence-electron chi connectivity index (χ3n) is 4.12. The molecule has 0 unspecified atom stereocenters. The van der Waals surface area contributed by atoms with Crippen molar-refractivity contribution in [3.63, 3.8) is 0 Å². The molecule has 0 heterocycles. The van der Waals surface area contributed by atoms with Crippen LogP contribution in [0.5, 0.6) is 0 Å². The summed E-state index contributed by atoms with van der Waals surface area (Å²) in [5, 5.41) is 0. The Morgan fingerprint density at radius 1 is 1.28 bits per heavy atom. The van der Waals surface area contributed by atoms with E-state index in [1.807, 2.05) is 24.3 Å². The summed E-state index contributed by atoms with van der Waals surface area (Å²) in [6.07, 6.45) is 5.07. The molecule has 1 aromatic carbocycles. The van der Waals surface area contributed by atoms with Crippen molar-refractivity contribution >= 4 is 21.7 Å². The van der Waals surface area contributed by atoms with Gasteiger partial charge in [0.05, 0.1) is 0 Å². The van der Waals surface area contributed by atoms with Crippen LogP contribution in [0.25, 0.3) is 0 Å². The van der Waals surface area contributed by atoms with Gasteiger partial charge in [-0.2, -0.15) is 0 Å². The highest BCUT2D eigenvalue weighted by molar-refractivity contribution is 9.10. The molecule has 0 N–H and O–H groups in total. The number of carbonyl (C=O) groups excluding carboxylic acids is 1. The van der Waals surface area contributed by atoms with Crippen LogP contribution in [0.15, 0.2) is 28.7 Å². The zero-order valence-electron chi connectivity index (χ0n) is 11.2. The second-order valence-corrected chi connectivity index (χ2v) is 7.03. The lowest BCUT2D eigenvalue weighted by molar-refractivity contribution is -0.123. The molecule has 1 aromatic rings. The van der Waals surface area contributed by atoms with Crippen molar-refractivity contribution in [2.45, 2.75) is 46.0 Å². The predicted molar refractivity (Wildman–Crippen MR) is 78.6 cm³/mol. The summed E-state index contributed by atoms with van der Waals surface area (Å²) in [5.74, 6) is 0.697. The standard InChI is InChI=1S/C16H21BrO/c1-16(2)9-7-12(8-10-16)15(18)11-13-5-3-4-6-14(13)17/h3-6,12H,7-11H2,1-2H3. The van der Waals surface area contributed by atoms with Crippen molar-refractivity contribution < 1.29 is 4.79 Å². The summed E-state index contributed by atoms with van der Waals surface area (Å²) < 4.78 is 1.05. The van der Waals surface area contributed by atoms with Crippen molar-refractivity contribution in [1.82, 2.24) is 0 Å². The van der Waals surface area contributed by atoms with E-state index < -0.39 is 0 Å². The smallest absolute Gasteiger partial charge is 0.140 e. The van der Waals surface area contributed by atoms with E-state index in [0.29, 0.717) is 17.6 Å². The predicted octanol–water partition coefficient (Wildman–Crippen LogP) is 4.78. The molecule has 0 aliphatic heterocycles. The highest BCUT2D eigenvalue weighted by Gasteiger charge is 2.30. The van der Waals surface area contributed by atoms with Crippen LogP contribution in [0, 0.1) is 11.3 Å². The molecule has 0 atom stereocenters. The first-order valence-electron chi connectivity index (χ1n) is 6.74. The number of rotatable bonds is 3. The Balaban J connectivity index is 1.95. The molecule has 0 saturated heterocycles. The van der Waals surface area contributed by atoms with Gasteiger partial charge in [-0.25, -0.2) is 0 Å². The van der Waals surface area contributed by atoms with Crippen molar-refractivity contribution in [1.29, 1.82) is 0 Å². The topological polar surface area (TPSA) is 17.1 Å². The Morgan fingerprint density at radius 2 is 1.89 bits per heavy atom. The Labute approximate surface area is 118 Å². The van der Waals surface area contributed by atoms with E-state index in [0.717, 1.165) is 22.9 Å². The normalized spacial score (nSPS) is 19.7. The van der Waals surface area contributed by atoms with E-state index in [2.05, 4.69) is 29.8 Å². The molecule has 1 nitrogen and oxygen atoms in total. The maximum Gasteiger partial charge on any atom is 0.140 e. The highest BCUT2D eigenvalue weighted by Crippen LogP contribution is 2.38. The molecule has 0 spiro atoms. The van der Waals surface area contributed by atoms with Crippen LogP contribution < -0.4 is 0 Å². The first-order valence-corrected chi connectivity index (χ1v) is 7.53. The number of hydrogen-bond acceptors (Lipinski definition) is 1. The highest BCUT2D eigenvalue weighted by atomic mass is 79.9. The van der Waals surface area contributed by atoms with Gasteiger partial charge in [0.1, 0.15) is 5.78 Å². The number of ketones is 1. The lowest BCUT2D eigenvalue weighted by Gasteiger charge is -2.33. The molecule has 1 aliphatic carbocycles. The van der Waals surface area contributed by atoms with E-state index in [1.165, 1.54) is 12.8 Å². The van der Waals surface area contributed by atoms with Crippen LogP contribution in [0.3, 0.4) is 0 Å². The molecule has 0 radical (unpaired) electrons. The largest absolute Gasteiger partial charge is 0.299 e. The Morgan fingerprint density at radius 3 is 2.50 bits per heavy atom. The Hall–Kier alpha value is -0.630. The minimum Gasteiger partial charge on any atom is -0.299 e. The first kappa shape index (κ1) is 13.8. The lowest BCUT2D eigenvalue weighted by atomic mass is 9.71. The van der Waals surface area contributed by atoms with E-state index in [4.69, 9.17) is 0 Å². The van der Waals surface area contributed by atoms with Gasteiger partial charge in [-0.1, -0.05) is 48.0 Å². The van der Waals surface area contributed by atoms with Crippen LogP contribution in [0.2, 0.25) is 0 Å². The fourth-order valence-electron chi connectivity index (χ4n) is 2.70. The SMILES string of the molecule is CC1(C)CCC(C(=O)Cc2ccccc2Br)CC1. The number of benzene rings is 1. The molecule has 0 bridgehead atoms. The van der Waals surface area contributed by atoms with Crippen LogP contribution >= 0.6 is 15.9 Å². The van der Waals surface area contributed by atoms with Crippen LogP contribution in [-0.2, 0) is 11.2 Å². The number of carbonyl (C=O) groups is 1. The number of Topliss-reactive ketones (excluding diaryl/α,β-unsaturated/α-hetero) is 1. The van der Waals surface area contributed by atoms with Crippen LogP contribution in [-0.4, -0.2) is 5.78 Å². The number of hydrogen-bond donors (Lipinski definition) is 0. The van der Waals surface area contributed by atoms with E-state index in [9.17, 15) is 4.79 Å². The second kappa shape index (κ2) is 5.56. The molecular formula is C16H21BrO. The average Bonchev–Trinajstić information content (AvgIpc) is 2.32. The molecule has 2 heteroatoms. The van der Waals surface area contributed by atoms with Gasteiger partial charge in [-0.15, -0.1) is 0 Å². The van der Waals surface area contributed by atoms with Crippen molar-refractivity contribution in [2.24, 2.45) is 11.3 Å². The third-order valence-corrected chi connectivity index (χ3v) is 4.89. The van der Waals surface area contributed by atoms with Crippen LogP contribution in [0.1, 0.15) is 45.1 Å². The van der Waals surface area contributed by atoms with Gasteiger partial charge in [-0.3, -0.25) is 4.79 Å². The average molecular weight is 309 g/mol. The Bertz CT molecular complexity index is 426. The summed E-state index contributed by atoms with van der Waals surface area (Å²) in [6, 6.07) is 8.03. The zero-order valence-corrected chi connectivity index (χ0v) is 12.8. The summed E-state index contributed by atoms with van der Waals surface area (Å²) in [4.78, 5) is 12.3. The zero-order chi connectivity index (χ0) is 13.2. The first-order chi connectivity index (χ1) is 8.48. The summed E-state index contributed by atoms with van der Waals surface area (Å²) in [5.41, 5.74) is 1.55. The molecule has 98 valence electrons. The summed E-state index contributed by atoms with van der Waals surface area (Å²) >= 11 is 3.51. The van der Waals surface area contributed by atoms with Crippen LogP contribution in [0.4, 0.5) is 0 Å². The van der Waals surface area contributed by atoms with Gasteiger partial charge in [-0.05, 0) is 42.7 Å². The fraction of sp³-hybridized carbons (Fsp3) is 0.562. The Kier molecular flexibility index (Phi) is 4.26. The minimum atomic E-state index is 0.283. The monoisotopic (exact) mass is 308 g/mol. The second-order valence-electron chi connectivity index (χ2n) is 6.17.